The molecule has 37 heavy (non-hydrogen) atoms. The summed E-state index contributed by atoms with van der Waals surface area (Å²) in [5, 5.41) is 14.7. The summed E-state index contributed by atoms with van der Waals surface area (Å²) in [5.74, 6) is 1.17. The molecule has 2 aromatic carbocycles. The third-order valence-corrected chi connectivity index (χ3v) is 8.07. The zero-order valence-electron chi connectivity index (χ0n) is 20.5. The smallest absolute Gasteiger partial charge is 0.269 e. The quantitative estimate of drug-likeness (QED) is 0.273. The molecule has 9 heteroatoms. The van der Waals surface area contributed by atoms with E-state index in [2.05, 4.69) is 45.0 Å². The number of aryl methyl sites for hydroxylation is 2. The summed E-state index contributed by atoms with van der Waals surface area (Å²) in [7, 11) is 0. The summed E-state index contributed by atoms with van der Waals surface area (Å²) >= 11 is 8.37. The molecule has 0 saturated heterocycles. The van der Waals surface area contributed by atoms with Gasteiger partial charge in [0.05, 0.1) is 5.71 Å². The van der Waals surface area contributed by atoms with Gasteiger partial charge in [-0.15, -0.1) is 21.5 Å². The highest BCUT2D eigenvalue weighted by Crippen LogP contribution is 2.37. The van der Waals surface area contributed by atoms with Gasteiger partial charge >= 0.3 is 0 Å². The van der Waals surface area contributed by atoms with Crippen LogP contribution in [0.25, 0.3) is 15.9 Å². The van der Waals surface area contributed by atoms with Crippen molar-refractivity contribution in [1.82, 2.24) is 25.1 Å². The number of thiophene rings is 1. The van der Waals surface area contributed by atoms with Crippen molar-refractivity contribution in [2.45, 2.75) is 39.3 Å². The molecule has 0 fully saturated rings. The number of halogens is 1. The van der Waals surface area contributed by atoms with Crippen LogP contribution in [0.1, 0.15) is 64.6 Å². The van der Waals surface area contributed by atoms with Crippen molar-refractivity contribution in [3.8, 4) is 5.00 Å². The number of amides is 1. The van der Waals surface area contributed by atoms with Crippen LogP contribution in [0, 0.1) is 0 Å². The van der Waals surface area contributed by atoms with Gasteiger partial charge in [0.2, 0.25) is 0 Å². The van der Waals surface area contributed by atoms with Gasteiger partial charge in [-0.2, -0.15) is 0 Å². The monoisotopic (exact) mass is 528 g/mol. The van der Waals surface area contributed by atoms with Crippen LogP contribution in [-0.4, -0.2) is 31.4 Å². The minimum absolute atomic E-state index is 0.269. The normalized spacial score (nSPS) is 14.7. The Hall–Kier alpha value is -3.75. The first-order chi connectivity index (χ1) is 18.1. The van der Waals surface area contributed by atoms with Crippen LogP contribution < -0.4 is 5.32 Å². The maximum Gasteiger partial charge on any atom is 0.269 e. The average molecular weight is 529 g/mol. The molecule has 0 aliphatic carbocycles. The van der Waals surface area contributed by atoms with Gasteiger partial charge in [0, 0.05) is 38.4 Å². The fraction of sp³-hybridized carbons (Fsp3) is 0.214. The van der Waals surface area contributed by atoms with E-state index >= 15 is 0 Å². The van der Waals surface area contributed by atoms with E-state index in [1.165, 1.54) is 4.88 Å². The number of fused-ring (bicyclic) bond motifs is 4. The van der Waals surface area contributed by atoms with Gasteiger partial charge in [-0.1, -0.05) is 61.8 Å². The Kier molecular flexibility index (Phi) is 6.14. The van der Waals surface area contributed by atoms with Crippen LogP contribution in [0.15, 0.2) is 65.7 Å². The minimum Gasteiger partial charge on any atom is -0.351 e. The first-order valence-corrected chi connectivity index (χ1v) is 13.6. The maximum atomic E-state index is 13.5. The fourth-order valence-corrected chi connectivity index (χ4v) is 6.02. The number of rotatable bonds is 6. The number of benzene rings is 2. The molecule has 2 N–H and O–H groups in total. The first kappa shape index (κ1) is 23.6. The maximum absolute atomic E-state index is 13.5. The van der Waals surface area contributed by atoms with Gasteiger partial charge in [0.25, 0.3) is 5.91 Å². The van der Waals surface area contributed by atoms with Gasteiger partial charge in [0.15, 0.2) is 12.0 Å². The van der Waals surface area contributed by atoms with Gasteiger partial charge in [-0.25, -0.2) is 0 Å². The van der Waals surface area contributed by atoms with Crippen LogP contribution in [-0.2, 0) is 12.8 Å². The largest absolute Gasteiger partial charge is 0.351 e. The molecule has 4 heterocycles. The number of carbonyl (C=O) groups is 1. The topological polar surface area (TPSA) is 88.0 Å². The lowest BCUT2D eigenvalue weighted by Crippen LogP contribution is -2.29. The highest BCUT2D eigenvalue weighted by atomic mass is 35.5. The number of hydrogen-bond donors (Lipinski definition) is 2. The summed E-state index contributed by atoms with van der Waals surface area (Å²) in [6, 6.07) is 19.5. The average Bonchev–Trinajstić information content (AvgIpc) is 3.62. The molecule has 3 aromatic heterocycles. The Bertz CT molecular complexity index is 1630. The Morgan fingerprint density at radius 1 is 1.08 bits per heavy atom. The lowest BCUT2D eigenvalue weighted by molar-refractivity contribution is 0.0932. The van der Waals surface area contributed by atoms with E-state index in [-0.39, 0.29) is 5.91 Å². The lowest BCUT2D eigenvalue weighted by Gasteiger charge is -2.14. The van der Waals surface area contributed by atoms with Gasteiger partial charge in [-0.3, -0.25) is 14.4 Å². The van der Waals surface area contributed by atoms with E-state index < -0.39 is 6.17 Å². The van der Waals surface area contributed by atoms with E-state index in [0.717, 1.165) is 57.8 Å². The second kappa shape index (κ2) is 9.61. The van der Waals surface area contributed by atoms with E-state index in [9.17, 15) is 4.79 Å². The third kappa shape index (κ3) is 4.16. The predicted molar refractivity (Wildman–Crippen MR) is 148 cm³/mol. The highest BCUT2D eigenvalue weighted by molar-refractivity contribution is 7.15. The molecule has 0 radical (unpaired) electrons. The Morgan fingerprint density at radius 2 is 1.89 bits per heavy atom. The number of para-hydroxylation sites is 1. The van der Waals surface area contributed by atoms with Crippen molar-refractivity contribution in [2.24, 2.45) is 4.99 Å². The van der Waals surface area contributed by atoms with E-state index in [1.54, 1.807) is 11.3 Å². The van der Waals surface area contributed by atoms with E-state index in [0.29, 0.717) is 16.5 Å². The summed E-state index contributed by atoms with van der Waals surface area (Å²) in [5.41, 5.74) is 3.87. The summed E-state index contributed by atoms with van der Waals surface area (Å²) in [4.78, 5) is 23.0. The van der Waals surface area contributed by atoms with Crippen LogP contribution in [0.2, 0.25) is 5.02 Å². The number of nitrogens with one attached hydrogen (secondary N) is 2. The van der Waals surface area contributed by atoms with Crippen molar-refractivity contribution in [3.05, 3.63) is 99.0 Å². The van der Waals surface area contributed by atoms with E-state index in [4.69, 9.17) is 16.6 Å². The van der Waals surface area contributed by atoms with Crippen LogP contribution in [0.5, 0.6) is 0 Å². The number of hydrogen-bond acceptors (Lipinski definition) is 5. The van der Waals surface area contributed by atoms with Crippen LogP contribution in [0.3, 0.4) is 0 Å². The van der Waals surface area contributed by atoms with Crippen molar-refractivity contribution in [2.75, 3.05) is 0 Å². The third-order valence-electron chi connectivity index (χ3n) is 6.47. The zero-order chi connectivity index (χ0) is 25.5. The fourth-order valence-electron chi connectivity index (χ4n) is 4.67. The number of aromatic amines is 1. The molecule has 1 atom stereocenters. The molecule has 0 spiro atoms. The second-order valence-electron chi connectivity index (χ2n) is 8.95. The van der Waals surface area contributed by atoms with Gasteiger partial charge in [-0.05, 0) is 37.1 Å². The molecule has 1 amide bonds. The summed E-state index contributed by atoms with van der Waals surface area (Å²) < 4.78 is 2.08. The predicted octanol–water partition coefficient (Wildman–Crippen LogP) is 6.26. The first-order valence-electron chi connectivity index (χ1n) is 12.4. The van der Waals surface area contributed by atoms with Crippen molar-refractivity contribution < 1.29 is 4.79 Å². The lowest BCUT2D eigenvalue weighted by atomic mass is 10.0. The second-order valence-corrected chi connectivity index (χ2v) is 10.5. The Morgan fingerprint density at radius 3 is 2.68 bits per heavy atom. The van der Waals surface area contributed by atoms with Crippen LogP contribution >= 0.6 is 22.9 Å². The van der Waals surface area contributed by atoms with Crippen molar-refractivity contribution in [1.29, 1.82) is 0 Å². The molecular weight excluding hydrogens is 504 g/mol. The number of nitrogens with zero attached hydrogens (tertiary/aromatic N) is 4. The number of aromatic nitrogens is 4. The Balaban J connectivity index is 1.52. The van der Waals surface area contributed by atoms with Crippen molar-refractivity contribution in [3.63, 3.8) is 0 Å². The minimum atomic E-state index is -0.757. The molecular formula is C28H25ClN6OS. The van der Waals surface area contributed by atoms with Gasteiger partial charge < -0.3 is 10.3 Å². The number of H-pyrrole nitrogens is 1. The van der Waals surface area contributed by atoms with E-state index in [1.807, 2.05) is 54.6 Å². The number of carbonyl (C=O) groups excluding carboxylic acids is 1. The number of aliphatic imine (C=N–C) groups is 1. The summed E-state index contributed by atoms with van der Waals surface area (Å²) in [6.07, 6.45) is 1.82. The SMILES string of the molecule is CCCc1nnc2n1-c1sc(CC)cc1C(c1ccccc1Cl)=NC2NC(=O)c1cc2ccccc2[nH]1. The molecule has 1 aliphatic heterocycles. The zero-order valence-corrected chi connectivity index (χ0v) is 22.0. The highest BCUT2D eigenvalue weighted by Gasteiger charge is 2.32. The van der Waals surface area contributed by atoms with Crippen LogP contribution in [0.4, 0.5) is 0 Å². The standard InChI is InChI=1S/C28H25ClN6OS/c1-3-9-23-33-34-26-25(32-27(36)22-14-16-10-5-8-13-21(16)30-22)31-24(18-11-6-7-12-20(18)29)19-15-17(4-2)37-28(19)35(23)26/h5-8,10-15,25,30H,3-4,9H2,1-2H3,(H,32,36). The molecule has 1 aliphatic rings. The molecule has 6 rings (SSSR count). The summed E-state index contributed by atoms with van der Waals surface area (Å²) in [6.45, 7) is 4.26. The molecule has 186 valence electrons. The molecule has 0 saturated carbocycles. The van der Waals surface area contributed by atoms with Gasteiger partial charge in [0.1, 0.15) is 16.5 Å². The molecule has 1 unspecified atom stereocenters. The molecule has 5 aromatic rings. The van der Waals surface area contributed by atoms with Crippen molar-refractivity contribution >= 4 is 45.5 Å². The molecule has 7 nitrogen and oxygen atoms in total. The Labute approximate surface area is 223 Å². The molecule has 0 bridgehead atoms.